The van der Waals surface area contributed by atoms with Gasteiger partial charge in [0.15, 0.2) is 0 Å². The lowest BCUT2D eigenvalue weighted by atomic mass is 10.2. The minimum Gasteiger partial charge on any atom is -0.373 e. The molecule has 136 valence electrons. The van der Waals surface area contributed by atoms with E-state index in [0.717, 1.165) is 32.5 Å². The van der Waals surface area contributed by atoms with Crippen LogP contribution >= 0.6 is 0 Å². The summed E-state index contributed by atoms with van der Waals surface area (Å²) in [5.41, 5.74) is 0. The second-order valence-corrected chi connectivity index (χ2v) is 7.18. The lowest BCUT2D eigenvalue weighted by Crippen LogP contribution is -2.51. The highest BCUT2D eigenvalue weighted by Crippen LogP contribution is 2.22. The third kappa shape index (κ3) is 5.08. The lowest BCUT2D eigenvalue weighted by molar-refractivity contribution is -0.121. The first-order chi connectivity index (χ1) is 11.7. The van der Waals surface area contributed by atoms with E-state index in [1.165, 1.54) is 25.7 Å². The average molecular weight is 338 g/mol. The Bertz CT molecular complexity index is 440. The maximum atomic E-state index is 11.8. The molecule has 0 radical (unpaired) electrons. The van der Waals surface area contributed by atoms with Crippen molar-refractivity contribution in [1.82, 2.24) is 20.9 Å². The molecule has 1 aliphatic carbocycles. The number of fused-ring (bicyclic) bond motifs is 1. The molecule has 0 aromatic carbocycles. The van der Waals surface area contributed by atoms with Crippen molar-refractivity contribution in [2.45, 2.75) is 63.1 Å². The van der Waals surface area contributed by atoms with E-state index in [1.54, 1.807) is 0 Å². The van der Waals surface area contributed by atoms with Crippen molar-refractivity contribution in [3.63, 3.8) is 0 Å². The summed E-state index contributed by atoms with van der Waals surface area (Å²) in [5.74, 6) is 0.0258. The van der Waals surface area contributed by atoms with Gasteiger partial charge in [0.2, 0.25) is 5.91 Å². The van der Waals surface area contributed by atoms with Gasteiger partial charge in [-0.1, -0.05) is 12.8 Å². The van der Waals surface area contributed by atoms with E-state index < -0.39 is 0 Å². The molecule has 2 aliphatic heterocycles. The molecule has 2 heterocycles. The molecule has 24 heavy (non-hydrogen) atoms. The Labute approximate surface area is 143 Å². The summed E-state index contributed by atoms with van der Waals surface area (Å²) in [6, 6.07) is 0.688. The van der Waals surface area contributed by atoms with Crippen molar-refractivity contribution in [2.75, 3.05) is 32.8 Å². The molecule has 2 saturated heterocycles. The Morgan fingerprint density at radius 2 is 1.92 bits per heavy atom. The minimum atomic E-state index is -0.226. The summed E-state index contributed by atoms with van der Waals surface area (Å²) < 4.78 is 5.81. The van der Waals surface area contributed by atoms with Crippen molar-refractivity contribution < 1.29 is 14.3 Å². The monoisotopic (exact) mass is 338 g/mol. The smallest absolute Gasteiger partial charge is 0.314 e. The van der Waals surface area contributed by atoms with Crippen LogP contribution in [0.5, 0.6) is 0 Å². The molecule has 3 fully saturated rings. The summed E-state index contributed by atoms with van der Waals surface area (Å²) in [7, 11) is 0. The number of rotatable bonds is 6. The first-order valence-electron chi connectivity index (χ1n) is 9.37. The van der Waals surface area contributed by atoms with Gasteiger partial charge in [-0.3, -0.25) is 9.69 Å². The highest BCUT2D eigenvalue weighted by molar-refractivity contribution is 5.78. The summed E-state index contributed by atoms with van der Waals surface area (Å²) >= 11 is 0. The predicted octanol–water partition coefficient (Wildman–Crippen LogP) is 0.598. The lowest BCUT2D eigenvalue weighted by Gasteiger charge is -2.35. The van der Waals surface area contributed by atoms with Crippen LogP contribution in [-0.4, -0.2) is 67.8 Å². The van der Waals surface area contributed by atoms with Crippen LogP contribution < -0.4 is 16.0 Å². The summed E-state index contributed by atoms with van der Waals surface area (Å²) in [6.45, 7) is 3.70. The number of hydrogen-bond donors (Lipinski definition) is 3. The zero-order valence-corrected chi connectivity index (χ0v) is 14.4. The molecule has 7 heteroatoms. The van der Waals surface area contributed by atoms with Crippen LogP contribution in [-0.2, 0) is 9.53 Å². The fourth-order valence-corrected chi connectivity index (χ4v) is 3.94. The number of nitrogens with one attached hydrogen (secondary N) is 3. The Hall–Kier alpha value is -1.34. The van der Waals surface area contributed by atoms with Crippen LogP contribution in [0.4, 0.5) is 4.79 Å². The van der Waals surface area contributed by atoms with Crippen molar-refractivity contribution in [3.8, 4) is 0 Å². The van der Waals surface area contributed by atoms with Gasteiger partial charge in [-0.25, -0.2) is 4.79 Å². The molecule has 3 amide bonds. The molecule has 1 saturated carbocycles. The largest absolute Gasteiger partial charge is 0.373 e. The Kier molecular flexibility index (Phi) is 6.31. The Morgan fingerprint density at radius 3 is 2.75 bits per heavy atom. The van der Waals surface area contributed by atoms with Gasteiger partial charge < -0.3 is 20.7 Å². The predicted molar refractivity (Wildman–Crippen MR) is 90.8 cm³/mol. The van der Waals surface area contributed by atoms with Crippen LogP contribution in [0.3, 0.4) is 0 Å². The van der Waals surface area contributed by atoms with Gasteiger partial charge >= 0.3 is 6.03 Å². The minimum absolute atomic E-state index is 0.0258. The molecular formula is C17H30N4O3. The summed E-state index contributed by atoms with van der Waals surface area (Å²) in [4.78, 5) is 26.1. The number of amides is 3. The molecule has 3 rings (SSSR count). The third-order valence-corrected chi connectivity index (χ3v) is 5.31. The topological polar surface area (TPSA) is 82.7 Å². The molecule has 7 nitrogen and oxygen atoms in total. The van der Waals surface area contributed by atoms with Crippen molar-refractivity contribution in [3.05, 3.63) is 0 Å². The van der Waals surface area contributed by atoms with E-state index in [0.29, 0.717) is 31.6 Å². The van der Waals surface area contributed by atoms with Gasteiger partial charge in [-0.05, 0) is 32.2 Å². The van der Waals surface area contributed by atoms with Crippen molar-refractivity contribution >= 4 is 11.9 Å². The molecule has 0 aromatic heterocycles. The molecule has 3 aliphatic rings. The average Bonchev–Trinajstić information content (AvgIpc) is 3.23. The molecule has 0 spiro atoms. The summed E-state index contributed by atoms with van der Waals surface area (Å²) in [5, 5.41) is 8.61. The van der Waals surface area contributed by atoms with Crippen LogP contribution in [0.2, 0.25) is 0 Å². The second kappa shape index (κ2) is 8.67. The van der Waals surface area contributed by atoms with E-state index in [9.17, 15) is 9.59 Å². The normalized spacial score (nSPS) is 27.7. The van der Waals surface area contributed by atoms with Crippen LogP contribution in [0.25, 0.3) is 0 Å². The highest BCUT2D eigenvalue weighted by atomic mass is 16.5. The number of ether oxygens (including phenoxy) is 1. The maximum Gasteiger partial charge on any atom is 0.314 e. The standard InChI is InChI=1S/C17H30N4O3/c22-16(20-13-4-1-2-5-13)7-8-18-17(23)19-10-15-11-21-9-3-6-14(21)12-24-15/h13-15H,1-12H2,(H,20,22)(H2,18,19,23)/t14-,15+/m1/s1. The Morgan fingerprint density at radius 1 is 1.08 bits per heavy atom. The van der Waals surface area contributed by atoms with Crippen molar-refractivity contribution in [2.24, 2.45) is 0 Å². The maximum absolute atomic E-state index is 11.8. The first-order valence-corrected chi connectivity index (χ1v) is 9.37. The number of nitrogens with zero attached hydrogens (tertiary/aromatic N) is 1. The zero-order chi connectivity index (χ0) is 16.8. The van der Waals surface area contributed by atoms with E-state index in [1.807, 2.05) is 0 Å². The van der Waals surface area contributed by atoms with Gasteiger partial charge in [0, 0.05) is 38.1 Å². The number of carbonyl (C=O) groups is 2. The van der Waals surface area contributed by atoms with Gasteiger partial charge in [-0.2, -0.15) is 0 Å². The van der Waals surface area contributed by atoms with Gasteiger partial charge in [0.05, 0.1) is 12.7 Å². The third-order valence-electron chi connectivity index (χ3n) is 5.31. The fraction of sp³-hybridized carbons (Fsp3) is 0.882. The van der Waals surface area contributed by atoms with E-state index >= 15 is 0 Å². The van der Waals surface area contributed by atoms with Crippen molar-refractivity contribution in [1.29, 1.82) is 0 Å². The number of morpholine rings is 1. The molecule has 0 unspecified atom stereocenters. The SMILES string of the molecule is O=C(CCNC(=O)NC[C@H]1CN2CCC[C@@H]2CO1)NC1CCCC1. The van der Waals surface area contributed by atoms with Crippen LogP contribution in [0, 0.1) is 0 Å². The molecular weight excluding hydrogens is 308 g/mol. The van der Waals surface area contributed by atoms with Crippen LogP contribution in [0.15, 0.2) is 0 Å². The van der Waals surface area contributed by atoms with E-state index in [-0.39, 0.29) is 18.0 Å². The summed E-state index contributed by atoms with van der Waals surface area (Å²) in [6.07, 6.45) is 7.44. The van der Waals surface area contributed by atoms with E-state index in [4.69, 9.17) is 4.74 Å². The number of carbonyl (C=O) groups excluding carboxylic acids is 2. The van der Waals surface area contributed by atoms with Gasteiger partial charge in [-0.15, -0.1) is 0 Å². The second-order valence-electron chi connectivity index (χ2n) is 7.18. The van der Waals surface area contributed by atoms with Gasteiger partial charge in [0.1, 0.15) is 0 Å². The van der Waals surface area contributed by atoms with Crippen LogP contribution in [0.1, 0.15) is 44.9 Å². The quantitative estimate of drug-likeness (QED) is 0.662. The van der Waals surface area contributed by atoms with Gasteiger partial charge in [0.25, 0.3) is 0 Å². The first kappa shape index (κ1) is 17.5. The molecule has 0 bridgehead atoms. The highest BCUT2D eigenvalue weighted by Gasteiger charge is 2.32. The fourth-order valence-electron chi connectivity index (χ4n) is 3.94. The number of urea groups is 1. The molecule has 0 aromatic rings. The molecule has 2 atom stereocenters. The molecule has 3 N–H and O–H groups in total. The Balaban J connectivity index is 1.24. The van der Waals surface area contributed by atoms with E-state index in [2.05, 4.69) is 20.9 Å². The number of hydrogen-bond acceptors (Lipinski definition) is 4. The zero-order valence-electron chi connectivity index (χ0n) is 14.4.